The van der Waals surface area contributed by atoms with Gasteiger partial charge in [-0.1, -0.05) is 12.1 Å². The van der Waals surface area contributed by atoms with E-state index < -0.39 is 30.0 Å². The van der Waals surface area contributed by atoms with Crippen molar-refractivity contribution in [3.63, 3.8) is 0 Å². The monoisotopic (exact) mass is 337 g/mol. The van der Waals surface area contributed by atoms with Crippen LogP contribution in [0.1, 0.15) is 48.5 Å². The first kappa shape index (κ1) is 20.5. The van der Waals surface area contributed by atoms with Gasteiger partial charge < -0.3 is 19.5 Å². The maximum Gasteiger partial charge on any atom is 0.491 e. The van der Waals surface area contributed by atoms with Crippen molar-refractivity contribution in [3.8, 4) is 0 Å². The van der Waals surface area contributed by atoms with Gasteiger partial charge in [-0.3, -0.25) is 5.32 Å². The van der Waals surface area contributed by atoms with E-state index in [0.717, 1.165) is 0 Å². The molecule has 0 saturated carbocycles. The number of carbonyl (C=O) groups excluding carboxylic acids is 1. The van der Waals surface area contributed by atoms with E-state index in [-0.39, 0.29) is 0 Å². The van der Waals surface area contributed by atoms with Gasteiger partial charge in [0.25, 0.3) is 0 Å². The van der Waals surface area contributed by atoms with Crippen LogP contribution in [-0.4, -0.2) is 40.1 Å². The molecule has 0 aromatic heterocycles. The van der Waals surface area contributed by atoms with Crippen LogP contribution in [0.4, 0.5) is 10.5 Å². The van der Waals surface area contributed by atoms with Gasteiger partial charge in [-0.15, -0.1) is 0 Å². The molecule has 24 heavy (non-hydrogen) atoms. The highest BCUT2D eigenvalue weighted by molar-refractivity contribution is 6.60. The molecule has 1 aromatic carbocycles. The van der Waals surface area contributed by atoms with Crippen LogP contribution in [0, 0.1) is 0 Å². The second-order valence-corrected chi connectivity index (χ2v) is 7.79. The number of benzene rings is 1. The summed E-state index contributed by atoms with van der Waals surface area (Å²) in [6.45, 7) is 12.0. The average molecular weight is 337 g/mol. The highest BCUT2D eigenvalue weighted by atomic mass is 16.6. The molecule has 1 rings (SSSR count). The fourth-order valence-electron chi connectivity index (χ4n) is 1.64. The lowest BCUT2D eigenvalue weighted by atomic mass is 9.76. The Kier molecular flexibility index (Phi) is 6.08. The summed E-state index contributed by atoms with van der Waals surface area (Å²) < 4.78 is 10.7. The largest absolute Gasteiger partial charge is 0.491 e. The molecule has 3 N–H and O–H groups in total. The van der Waals surface area contributed by atoms with Crippen LogP contribution in [0.3, 0.4) is 0 Å². The van der Waals surface area contributed by atoms with Crippen LogP contribution in [0.2, 0.25) is 0 Å². The zero-order chi connectivity index (χ0) is 18.8. The number of carbonyl (C=O) groups is 1. The number of anilines is 1. The highest BCUT2D eigenvalue weighted by Gasteiger charge is 2.39. The number of hydrogen-bond donors (Lipinski definition) is 3. The van der Waals surface area contributed by atoms with Gasteiger partial charge in [0.15, 0.2) is 0 Å². The summed E-state index contributed by atoms with van der Waals surface area (Å²) >= 11 is 0. The lowest BCUT2D eigenvalue weighted by Crippen LogP contribution is -2.53. The van der Waals surface area contributed by atoms with E-state index >= 15 is 0 Å². The first-order valence-corrected chi connectivity index (χ1v) is 7.89. The number of amides is 1. The van der Waals surface area contributed by atoms with Gasteiger partial charge in [0, 0.05) is 5.69 Å². The molecule has 0 radical (unpaired) electrons. The molecular formula is C17H28BNO5. The minimum atomic E-state index is -1.19. The average Bonchev–Trinajstić information content (AvgIpc) is 2.35. The fraction of sp³-hybridized carbons (Fsp3) is 0.588. The zero-order valence-electron chi connectivity index (χ0n) is 15.5. The molecule has 1 amide bonds. The molecule has 0 saturated heterocycles. The summed E-state index contributed by atoms with van der Waals surface area (Å²) in [6, 6.07) is 6.56. The Bertz CT molecular complexity index is 558. The Morgan fingerprint density at radius 2 is 1.54 bits per heavy atom. The Morgan fingerprint density at radius 1 is 1.04 bits per heavy atom. The van der Waals surface area contributed by atoms with Gasteiger partial charge in [0.2, 0.25) is 0 Å². The van der Waals surface area contributed by atoms with Gasteiger partial charge >= 0.3 is 13.2 Å². The highest BCUT2D eigenvalue weighted by Crippen LogP contribution is 2.25. The molecular weight excluding hydrogens is 309 g/mol. The number of ether oxygens (including phenoxy) is 1. The summed E-state index contributed by atoms with van der Waals surface area (Å²) in [5.74, 6) is 0. The Balaban J connectivity index is 2.72. The lowest BCUT2D eigenvalue weighted by Gasteiger charge is -2.38. The van der Waals surface area contributed by atoms with Crippen molar-refractivity contribution in [1.82, 2.24) is 0 Å². The van der Waals surface area contributed by atoms with Crippen LogP contribution in [-0.2, 0) is 9.39 Å². The van der Waals surface area contributed by atoms with Gasteiger partial charge in [0.1, 0.15) is 5.60 Å². The summed E-state index contributed by atoms with van der Waals surface area (Å²) in [7, 11) is -1.19. The minimum Gasteiger partial charge on any atom is -0.444 e. The van der Waals surface area contributed by atoms with Crippen molar-refractivity contribution in [1.29, 1.82) is 0 Å². The maximum atomic E-state index is 11.7. The van der Waals surface area contributed by atoms with E-state index in [0.29, 0.717) is 11.2 Å². The molecule has 134 valence electrons. The van der Waals surface area contributed by atoms with Crippen LogP contribution >= 0.6 is 0 Å². The number of rotatable bonds is 5. The first-order valence-electron chi connectivity index (χ1n) is 7.89. The standard InChI is InChI=1S/C17H28BNO5/c1-15(2,3)23-14(20)19-13-10-8-12(9-11-13)18(22)24-17(6,7)16(4,5)21/h8-11,21-22H,1-7H3,(H,19,20). The van der Waals surface area contributed by atoms with Crippen molar-refractivity contribution in [2.45, 2.75) is 65.3 Å². The molecule has 6 nitrogen and oxygen atoms in total. The molecule has 0 spiro atoms. The fourth-order valence-corrected chi connectivity index (χ4v) is 1.64. The Labute approximate surface area is 144 Å². The van der Waals surface area contributed by atoms with Crippen LogP contribution in [0.5, 0.6) is 0 Å². The van der Waals surface area contributed by atoms with Crippen LogP contribution < -0.4 is 10.8 Å². The molecule has 0 atom stereocenters. The van der Waals surface area contributed by atoms with Crippen molar-refractivity contribution in [2.24, 2.45) is 0 Å². The zero-order valence-corrected chi connectivity index (χ0v) is 15.5. The smallest absolute Gasteiger partial charge is 0.444 e. The quantitative estimate of drug-likeness (QED) is 0.718. The van der Waals surface area contributed by atoms with E-state index in [1.807, 2.05) is 0 Å². The molecule has 0 heterocycles. The summed E-state index contributed by atoms with van der Waals surface area (Å²) in [4.78, 5) is 11.7. The van der Waals surface area contributed by atoms with E-state index in [2.05, 4.69) is 5.32 Å². The van der Waals surface area contributed by atoms with E-state index in [4.69, 9.17) is 9.39 Å². The third kappa shape index (κ3) is 6.15. The van der Waals surface area contributed by atoms with Crippen molar-refractivity contribution in [2.75, 3.05) is 5.32 Å². The topological polar surface area (TPSA) is 88.0 Å². The van der Waals surface area contributed by atoms with Crippen molar-refractivity contribution in [3.05, 3.63) is 24.3 Å². The number of aliphatic hydroxyl groups is 1. The predicted molar refractivity (Wildman–Crippen MR) is 95.4 cm³/mol. The molecule has 7 heteroatoms. The molecule has 1 aromatic rings. The molecule has 0 unspecified atom stereocenters. The van der Waals surface area contributed by atoms with Gasteiger partial charge in [0.05, 0.1) is 11.2 Å². The van der Waals surface area contributed by atoms with E-state index in [9.17, 15) is 14.9 Å². The maximum absolute atomic E-state index is 11.7. The van der Waals surface area contributed by atoms with Gasteiger partial charge in [-0.05, 0) is 66.1 Å². The molecule has 0 bridgehead atoms. The number of nitrogens with one attached hydrogen (secondary N) is 1. The minimum absolute atomic E-state index is 0.516. The second-order valence-electron chi connectivity index (χ2n) is 7.79. The predicted octanol–water partition coefficient (Wildman–Crippen LogP) is 2.29. The summed E-state index contributed by atoms with van der Waals surface area (Å²) in [6.07, 6.45) is -0.546. The Hall–Kier alpha value is -1.57. The van der Waals surface area contributed by atoms with Crippen LogP contribution in [0.15, 0.2) is 24.3 Å². The van der Waals surface area contributed by atoms with Crippen LogP contribution in [0.25, 0.3) is 0 Å². The van der Waals surface area contributed by atoms with E-state index in [1.165, 1.54) is 0 Å². The number of hydrogen-bond acceptors (Lipinski definition) is 5. The molecule has 0 aliphatic rings. The lowest BCUT2D eigenvalue weighted by molar-refractivity contribution is -0.0982. The normalized spacial score (nSPS) is 12.7. The third-order valence-electron chi connectivity index (χ3n) is 3.72. The third-order valence-corrected chi connectivity index (χ3v) is 3.72. The van der Waals surface area contributed by atoms with E-state index in [1.54, 1.807) is 72.7 Å². The van der Waals surface area contributed by atoms with Crippen molar-refractivity contribution < 1.29 is 24.3 Å². The molecule has 0 aliphatic heterocycles. The first-order chi connectivity index (χ1) is 10.7. The SMILES string of the molecule is CC(C)(C)OC(=O)Nc1ccc(B(O)OC(C)(C)C(C)(C)O)cc1. The van der Waals surface area contributed by atoms with Gasteiger partial charge in [-0.25, -0.2) is 4.79 Å². The molecule has 0 aliphatic carbocycles. The summed E-state index contributed by atoms with van der Waals surface area (Å²) in [5, 5.41) is 22.9. The van der Waals surface area contributed by atoms with Crippen molar-refractivity contribution >= 4 is 24.4 Å². The molecule has 0 fully saturated rings. The second kappa shape index (κ2) is 7.13. The Morgan fingerprint density at radius 3 is 1.96 bits per heavy atom. The summed E-state index contributed by atoms with van der Waals surface area (Å²) in [5.41, 5.74) is -1.58. The van der Waals surface area contributed by atoms with Gasteiger partial charge in [-0.2, -0.15) is 0 Å².